The molecule has 0 amide bonds. The van der Waals surface area contributed by atoms with Gasteiger partial charge in [0.1, 0.15) is 0 Å². The van der Waals surface area contributed by atoms with Crippen molar-refractivity contribution in [2.45, 2.75) is 19.0 Å². The van der Waals surface area contributed by atoms with Crippen LogP contribution in [0.2, 0.25) is 0 Å². The molecule has 1 aromatic carbocycles. The topological polar surface area (TPSA) is 94.5 Å². The fourth-order valence-electron chi connectivity index (χ4n) is 2.02. The molecule has 0 saturated heterocycles. The number of carbonyl (C=O) groups is 2. The summed E-state index contributed by atoms with van der Waals surface area (Å²) in [4.78, 5) is 22.3. The highest BCUT2D eigenvalue weighted by atomic mass is 16.5. The van der Waals surface area contributed by atoms with Crippen LogP contribution >= 0.6 is 0 Å². The standard InChI is InChI=1S/C15H14N2O4/c1-3-15(16,14(19)20)9-17-8-13(21-10(2)18)11-6-4-5-7-12(11)17/h1,4-8H,9,16H2,2H3,(H,19,20). The third-order valence-electron chi connectivity index (χ3n) is 3.06. The maximum absolute atomic E-state index is 11.2. The highest BCUT2D eigenvalue weighted by Gasteiger charge is 2.33. The molecular formula is C15H14N2O4. The Bertz CT molecular complexity index is 757. The quantitative estimate of drug-likeness (QED) is 0.645. The summed E-state index contributed by atoms with van der Waals surface area (Å²) < 4.78 is 6.69. The van der Waals surface area contributed by atoms with Crippen molar-refractivity contribution in [3.63, 3.8) is 0 Å². The summed E-state index contributed by atoms with van der Waals surface area (Å²) in [5.74, 6) is 0.666. The normalized spacial score (nSPS) is 13.4. The molecule has 6 nitrogen and oxygen atoms in total. The van der Waals surface area contributed by atoms with Gasteiger partial charge in [-0.15, -0.1) is 6.42 Å². The van der Waals surface area contributed by atoms with E-state index in [0.29, 0.717) is 16.7 Å². The van der Waals surface area contributed by atoms with Crippen molar-refractivity contribution in [2.24, 2.45) is 5.73 Å². The van der Waals surface area contributed by atoms with Crippen molar-refractivity contribution in [1.29, 1.82) is 0 Å². The minimum Gasteiger partial charge on any atom is -0.479 e. The van der Waals surface area contributed by atoms with Gasteiger partial charge in [0, 0.05) is 18.5 Å². The smallest absolute Gasteiger partial charge is 0.338 e. The third-order valence-corrected chi connectivity index (χ3v) is 3.06. The Kier molecular flexibility index (Phi) is 3.70. The summed E-state index contributed by atoms with van der Waals surface area (Å²) in [6, 6.07) is 7.10. The number of terminal acetylenes is 1. The molecule has 0 spiro atoms. The van der Waals surface area contributed by atoms with Gasteiger partial charge in [0.05, 0.1) is 12.1 Å². The van der Waals surface area contributed by atoms with Gasteiger partial charge in [-0.05, 0) is 12.1 Å². The van der Waals surface area contributed by atoms with Crippen molar-refractivity contribution < 1.29 is 19.4 Å². The summed E-state index contributed by atoms with van der Waals surface area (Å²) in [7, 11) is 0. The van der Waals surface area contributed by atoms with E-state index in [0.717, 1.165) is 0 Å². The van der Waals surface area contributed by atoms with Gasteiger partial charge >= 0.3 is 11.9 Å². The van der Waals surface area contributed by atoms with Gasteiger partial charge in [-0.1, -0.05) is 18.1 Å². The first-order valence-corrected chi connectivity index (χ1v) is 6.14. The van der Waals surface area contributed by atoms with Crippen LogP contribution in [0, 0.1) is 12.3 Å². The molecule has 0 bridgehead atoms. The van der Waals surface area contributed by atoms with E-state index < -0.39 is 17.5 Å². The fraction of sp³-hybridized carbons (Fsp3) is 0.200. The van der Waals surface area contributed by atoms with Crippen molar-refractivity contribution >= 4 is 22.8 Å². The van der Waals surface area contributed by atoms with Crippen LogP contribution in [0.25, 0.3) is 10.9 Å². The Labute approximate surface area is 121 Å². The molecule has 2 aromatic rings. The van der Waals surface area contributed by atoms with Crippen LogP contribution in [-0.4, -0.2) is 27.2 Å². The lowest BCUT2D eigenvalue weighted by atomic mass is 10.0. The lowest BCUT2D eigenvalue weighted by molar-refractivity contribution is -0.141. The Morgan fingerprint density at radius 3 is 2.71 bits per heavy atom. The van der Waals surface area contributed by atoms with Gasteiger partial charge in [-0.3, -0.25) is 4.79 Å². The summed E-state index contributed by atoms with van der Waals surface area (Å²) in [5.41, 5.74) is 4.55. The Morgan fingerprint density at radius 1 is 1.48 bits per heavy atom. The second-order valence-electron chi connectivity index (χ2n) is 4.65. The largest absolute Gasteiger partial charge is 0.479 e. The monoisotopic (exact) mass is 286 g/mol. The molecule has 0 aliphatic rings. The van der Waals surface area contributed by atoms with E-state index >= 15 is 0 Å². The molecule has 1 heterocycles. The first-order valence-electron chi connectivity index (χ1n) is 6.14. The van der Waals surface area contributed by atoms with Crippen LogP contribution < -0.4 is 10.5 Å². The number of benzene rings is 1. The maximum Gasteiger partial charge on any atom is 0.338 e. The van der Waals surface area contributed by atoms with Crippen molar-refractivity contribution in [3.05, 3.63) is 30.5 Å². The van der Waals surface area contributed by atoms with Gasteiger partial charge in [-0.2, -0.15) is 0 Å². The number of esters is 1. The molecule has 0 fully saturated rings. The van der Waals surface area contributed by atoms with Crippen molar-refractivity contribution in [1.82, 2.24) is 4.57 Å². The first-order chi connectivity index (χ1) is 9.87. The number of hydrogen-bond acceptors (Lipinski definition) is 4. The molecular weight excluding hydrogens is 272 g/mol. The van der Waals surface area contributed by atoms with Gasteiger partial charge in [0.25, 0.3) is 0 Å². The second-order valence-corrected chi connectivity index (χ2v) is 4.65. The molecule has 2 rings (SSSR count). The number of aromatic nitrogens is 1. The van der Waals surface area contributed by atoms with Crippen LogP contribution in [0.15, 0.2) is 30.5 Å². The van der Waals surface area contributed by atoms with E-state index in [1.165, 1.54) is 13.1 Å². The Hall–Kier alpha value is -2.78. The van der Waals surface area contributed by atoms with Crippen LogP contribution in [0.3, 0.4) is 0 Å². The number of nitrogens with two attached hydrogens (primary N) is 1. The van der Waals surface area contributed by atoms with E-state index in [-0.39, 0.29) is 6.54 Å². The van der Waals surface area contributed by atoms with Gasteiger partial charge in [0.15, 0.2) is 11.3 Å². The number of carboxylic acids is 1. The summed E-state index contributed by atoms with van der Waals surface area (Å²) in [5, 5.41) is 9.83. The van der Waals surface area contributed by atoms with E-state index in [4.69, 9.17) is 22.0 Å². The number of hydrogen-bond donors (Lipinski definition) is 2. The van der Waals surface area contributed by atoms with Crippen molar-refractivity contribution in [2.75, 3.05) is 0 Å². The van der Waals surface area contributed by atoms with Gasteiger partial charge in [0.2, 0.25) is 0 Å². The average Bonchev–Trinajstić information content (AvgIpc) is 2.76. The predicted octanol–water partition coefficient (Wildman–Crippen LogP) is 0.982. The number of rotatable bonds is 4. The molecule has 0 aliphatic heterocycles. The molecule has 1 atom stereocenters. The molecule has 21 heavy (non-hydrogen) atoms. The lowest BCUT2D eigenvalue weighted by Gasteiger charge is -2.19. The Balaban J connectivity index is 2.53. The van der Waals surface area contributed by atoms with Crippen molar-refractivity contribution in [3.8, 4) is 18.1 Å². The van der Waals surface area contributed by atoms with Crippen LogP contribution in [0.1, 0.15) is 6.92 Å². The molecule has 0 radical (unpaired) electrons. The zero-order valence-electron chi connectivity index (χ0n) is 11.4. The molecule has 6 heteroatoms. The molecule has 108 valence electrons. The maximum atomic E-state index is 11.2. The molecule has 0 aliphatic carbocycles. The predicted molar refractivity (Wildman–Crippen MR) is 76.6 cm³/mol. The number of ether oxygens (including phenoxy) is 1. The number of carboxylic acid groups (broad SMARTS) is 1. The van der Waals surface area contributed by atoms with E-state index in [1.807, 2.05) is 0 Å². The summed E-state index contributed by atoms with van der Waals surface area (Å²) in [6.07, 6.45) is 6.75. The van der Waals surface area contributed by atoms with Crippen LogP contribution in [0.4, 0.5) is 0 Å². The minimum atomic E-state index is -1.84. The molecule has 1 aromatic heterocycles. The number of nitrogens with zero attached hydrogens (tertiary/aromatic N) is 1. The third kappa shape index (κ3) is 2.73. The fourth-order valence-corrected chi connectivity index (χ4v) is 2.02. The van der Waals surface area contributed by atoms with E-state index in [2.05, 4.69) is 5.92 Å². The summed E-state index contributed by atoms with van der Waals surface area (Å²) >= 11 is 0. The SMILES string of the molecule is C#CC(N)(Cn1cc(OC(C)=O)c2ccccc21)C(=O)O. The van der Waals surface area contributed by atoms with Gasteiger partial charge < -0.3 is 20.1 Å². The van der Waals surface area contributed by atoms with E-state index in [1.54, 1.807) is 28.8 Å². The number of para-hydroxylation sites is 1. The first kappa shape index (κ1) is 14.6. The second kappa shape index (κ2) is 5.31. The zero-order chi connectivity index (χ0) is 15.6. The summed E-state index contributed by atoms with van der Waals surface area (Å²) in [6.45, 7) is 1.15. The van der Waals surface area contributed by atoms with E-state index in [9.17, 15) is 9.59 Å². The van der Waals surface area contributed by atoms with Gasteiger partial charge in [-0.25, -0.2) is 4.79 Å². The highest BCUT2D eigenvalue weighted by Crippen LogP contribution is 2.29. The average molecular weight is 286 g/mol. The molecule has 1 unspecified atom stereocenters. The number of aliphatic carboxylic acids is 1. The molecule has 3 N–H and O–H groups in total. The number of carbonyl (C=O) groups excluding carboxylic acids is 1. The number of fused-ring (bicyclic) bond motifs is 1. The minimum absolute atomic E-state index is 0.138. The lowest BCUT2D eigenvalue weighted by Crippen LogP contribution is -2.50. The van der Waals surface area contributed by atoms with Crippen LogP contribution in [-0.2, 0) is 16.1 Å². The highest BCUT2D eigenvalue weighted by molar-refractivity contribution is 5.89. The zero-order valence-corrected chi connectivity index (χ0v) is 11.4. The van der Waals surface area contributed by atoms with Crippen LogP contribution in [0.5, 0.6) is 5.75 Å². The Morgan fingerprint density at radius 2 is 2.14 bits per heavy atom. The molecule has 0 saturated carbocycles.